The van der Waals surface area contributed by atoms with E-state index in [1.165, 1.54) is 11.1 Å². The summed E-state index contributed by atoms with van der Waals surface area (Å²) in [6.45, 7) is 0.778. The van der Waals surface area contributed by atoms with Crippen molar-refractivity contribution in [2.45, 2.75) is 12.5 Å². The van der Waals surface area contributed by atoms with Crippen molar-refractivity contribution in [2.24, 2.45) is 0 Å². The average molecular weight is 353 g/mol. The highest BCUT2D eigenvalue weighted by Gasteiger charge is 2.19. The summed E-state index contributed by atoms with van der Waals surface area (Å²) in [6, 6.07) is 12.4. The van der Waals surface area contributed by atoms with E-state index in [4.69, 9.17) is 16.3 Å². The van der Waals surface area contributed by atoms with E-state index in [0.717, 1.165) is 33.8 Å². The van der Waals surface area contributed by atoms with Crippen molar-refractivity contribution in [2.75, 3.05) is 13.7 Å². The summed E-state index contributed by atoms with van der Waals surface area (Å²) in [5.74, 6) is 1.00. The lowest BCUT2D eigenvalue weighted by molar-refractivity contribution is 0.357. The van der Waals surface area contributed by atoms with Gasteiger partial charge in [0.2, 0.25) is 0 Å². The lowest BCUT2D eigenvalue weighted by atomic mass is 9.96. The number of nitrogens with one attached hydrogen (secondary N) is 1. The molecule has 0 saturated heterocycles. The Morgan fingerprint density at radius 1 is 1.25 bits per heavy atom. The molecule has 1 heterocycles. The number of halogens is 2. The van der Waals surface area contributed by atoms with Crippen molar-refractivity contribution in [3.8, 4) is 5.75 Å². The van der Waals surface area contributed by atoms with Crippen LogP contribution in [0.2, 0.25) is 5.02 Å². The third-order valence-electron chi connectivity index (χ3n) is 3.60. The summed E-state index contributed by atoms with van der Waals surface area (Å²) in [7, 11) is 1.95. The molecular weight excluding hydrogens is 338 g/mol. The molecule has 0 fully saturated rings. The molecule has 0 bridgehead atoms. The van der Waals surface area contributed by atoms with Crippen molar-refractivity contribution < 1.29 is 4.74 Å². The Hall–Kier alpha value is -1.03. The zero-order valence-corrected chi connectivity index (χ0v) is 13.5. The summed E-state index contributed by atoms with van der Waals surface area (Å²) in [4.78, 5) is 0. The molecule has 1 aliphatic rings. The van der Waals surface area contributed by atoms with Crippen LogP contribution in [-0.2, 0) is 6.42 Å². The first-order chi connectivity index (χ1) is 9.69. The van der Waals surface area contributed by atoms with Gasteiger partial charge >= 0.3 is 0 Å². The second-order valence-electron chi connectivity index (χ2n) is 4.85. The van der Waals surface area contributed by atoms with E-state index in [1.807, 2.05) is 25.2 Å². The van der Waals surface area contributed by atoms with E-state index < -0.39 is 0 Å². The first-order valence-electron chi connectivity index (χ1n) is 6.57. The monoisotopic (exact) mass is 351 g/mol. The Bertz CT molecular complexity index is 644. The summed E-state index contributed by atoms with van der Waals surface area (Å²) in [5, 5.41) is 4.12. The topological polar surface area (TPSA) is 21.3 Å². The molecule has 1 unspecified atom stereocenters. The molecule has 2 aromatic rings. The SMILES string of the molecule is CNC(c1ccc2c(c1)CCO2)c1cc(Br)ccc1Cl. The summed E-state index contributed by atoms with van der Waals surface area (Å²) in [5.41, 5.74) is 3.55. The average Bonchev–Trinajstić information content (AvgIpc) is 2.91. The van der Waals surface area contributed by atoms with Gasteiger partial charge in [0.05, 0.1) is 12.6 Å². The van der Waals surface area contributed by atoms with Crippen LogP contribution in [0.5, 0.6) is 5.75 Å². The van der Waals surface area contributed by atoms with Gasteiger partial charge in [-0.25, -0.2) is 0 Å². The summed E-state index contributed by atoms with van der Waals surface area (Å²) >= 11 is 9.86. The van der Waals surface area contributed by atoms with Gasteiger partial charge in [0, 0.05) is 15.9 Å². The Morgan fingerprint density at radius 2 is 2.10 bits per heavy atom. The maximum absolute atomic E-state index is 6.35. The highest BCUT2D eigenvalue weighted by molar-refractivity contribution is 9.10. The molecule has 2 nitrogen and oxygen atoms in total. The smallest absolute Gasteiger partial charge is 0.122 e. The summed E-state index contributed by atoms with van der Waals surface area (Å²) in [6.07, 6.45) is 0.978. The molecule has 104 valence electrons. The molecule has 1 atom stereocenters. The fourth-order valence-corrected chi connectivity index (χ4v) is 3.23. The second kappa shape index (κ2) is 5.76. The third-order valence-corrected chi connectivity index (χ3v) is 4.44. The molecule has 1 aliphatic heterocycles. The van der Waals surface area contributed by atoms with Crippen molar-refractivity contribution in [1.82, 2.24) is 5.32 Å². The molecule has 0 aromatic heterocycles. The van der Waals surface area contributed by atoms with Crippen LogP contribution in [0.25, 0.3) is 0 Å². The molecule has 0 spiro atoms. The largest absolute Gasteiger partial charge is 0.493 e. The van der Waals surface area contributed by atoms with Gasteiger partial charge in [-0.1, -0.05) is 39.7 Å². The molecule has 0 aliphatic carbocycles. The van der Waals surface area contributed by atoms with E-state index in [-0.39, 0.29) is 6.04 Å². The maximum Gasteiger partial charge on any atom is 0.122 e. The molecule has 1 N–H and O–H groups in total. The highest BCUT2D eigenvalue weighted by Crippen LogP contribution is 2.34. The highest BCUT2D eigenvalue weighted by atomic mass is 79.9. The van der Waals surface area contributed by atoms with Crippen LogP contribution in [0.1, 0.15) is 22.7 Å². The van der Waals surface area contributed by atoms with Gasteiger partial charge in [-0.05, 0) is 48.0 Å². The van der Waals surface area contributed by atoms with Gasteiger partial charge in [0.15, 0.2) is 0 Å². The van der Waals surface area contributed by atoms with Gasteiger partial charge in [0.1, 0.15) is 5.75 Å². The van der Waals surface area contributed by atoms with E-state index in [1.54, 1.807) is 0 Å². The molecule has 0 saturated carbocycles. The van der Waals surface area contributed by atoms with Crippen molar-refractivity contribution >= 4 is 27.5 Å². The predicted octanol–water partition coefficient (Wildman–Crippen LogP) is 4.35. The van der Waals surface area contributed by atoms with Gasteiger partial charge < -0.3 is 10.1 Å². The predicted molar refractivity (Wildman–Crippen MR) is 85.7 cm³/mol. The van der Waals surface area contributed by atoms with E-state index >= 15 is 0 Å². The second-order valence-corrected chi connectivity index (χ2v) is 6.18. The number of hydrogen-bond acceptors (Lipinski definition) is 2. The van der Waals surface area contributed by atoms with Crippen LogP contribution in [0.3, 0.4) is 0 Å². The van der Waals surface area contributed by atoms with Crippen LogP contribution in [0.15, 0.2) is 40.9 Å². The maximum atomic E-state index is 6.35. The minimum absolute atomic E-state index is 0.0749. The van der Waals surface area contributed by atoms with Crippen LogP contribution in [0.4, 0.5) is 0 Å². The lowest BCUT2D eigenvalue weighted by Crippen LogP contribution is -2.18. The van der Waals surface area contributed by atoms with Gasteiger partial charge in [0.25, 0.3) is 0 Å². The standard InChI is InChI=1S/C16H15BrClNO/c1-19-16(13-9-12(17)3-4-14(13)18)11-2-5-15-10(8-11)6-7-20-15/h2-5,8-9,16,19H,6-7H2,1H3. The molecule has 0 amide bonds. The lowest BCUT2D eigenvalue weighted by Gasteiger charge is -2.19. The Kier molecular flexibility index (Phi) is 4.01. The number of benzene rings is 2. The first-order valence-corrected chi connectivity index (χ1v) is 7.74. The molecule has 20 heavy (non-hydrogen) atoms. The van der Waals surface area contributed by atoms with Crippen molar-refractivity contribution in [1.29, 1.82) is 0 Å². The fraction of sp³-hybridized carbons (Fsp3) is 0.250. The minimum atomic E-state index is 0.0749. The van der Waals surface area contributed by atoms with Gasteiger partial charge in [-0.15, -0.1) is 0 Å². The molecule has 2 aromatic carbocycles. The zero-order chi connectivity index (χ0) is 14.1. The Morgan fingerprint density at radius 3 is 2.90 bits per heavy atom. The molecule has 0 radical (unpaired) electrons. The Balaban J connectivity index is 2.03. The summed E-state index contributed by atoms with van der Waals surface area (Å²) < 4.78 is 6.59. The first kappa shape index (κ1) is 13.9. The van der Waals surface area contributed by atoms with Crippen molar-refractivity contribution in [3.05, 3.63) is 62.6 Å². The van der Waals surface area contributed by atoms with E-state index in [0.29, 0.717) is 0 Å². The number of hydrogen-bond donors (Lipinski definition) is 1. The minimum Gasteiger partial charge on any atom is -0.493 e. The molecular formula is C16H15BrClNO. The molecule has 3 rings (SSSR count). The van der Waals surface area contributed by atoms with Crippen LogP contribution in [-0.4, -0.2) is 13.7 Å². The van der Waals surface area contributed by atoms with Gasteiger partial charge in [-0.3, -0.25) is 0 Å². The van der Waals surface area contributed by atoms with E-state index in [9.17, 15) is 0 Å². The van der Waals surface area contributed by atoms with Crippen LogP contribution in [0, 0.1) is 0 Å². The third kappa shape index (κ3) is 2.58. The zero-order valence-electron chi connectivity index (χ0n) is 11.1. The quantitative estimate of drug-likeness (QED) is 0.887. The number of ether oxygens (including phenoxy) is 1. The number of fused-ring (bicyclic) bond motifs is 1. The van der Waals surface area contributed by atoms with E-state index in [2.05, 4.69) is 39.4 Å². The fourth-order valence-electron chi connectivity index (χ4n) is 2.62. The van der Waals surface area contributed by atoms with Crippen LogP contribution >= 0.6 is 27.5 Å². The number of rotatable bonds is 3. The molecule has 4 heteroatoms. The van der Waals surface area contributed by atoms with Gasteiger partial charge in [-0.2, -0.15) is 0 Å². The van der Waals surface area contributed by atoms with Crippen molar-refractivity contribution in [3.63, 3.8) is 0 Å². The normalized spacial score (nSPS) is 14.8. The van der Waals surface area contributed by atoms with Crippen LogP contribution < -0.4 is 10.1 Å². The Labute approximate surface area is 132 Å².